The highest BCUT2D eigenvalue weighted by atomic mass is 16.5. The Balaban J connectivity index is 1.25. The summed E-state index contributed by atoms with van der Waals surface area (Å²) < 4.78 is 6.46. The highest BCUT2D eigenvalue weighted by Crippen LogP contribution is 2.33. The third kappa shape index (κ3) is 3.51. The molecule has 1 atom stereocenters. The molecule has 7 nitrogen and oxygen atoms in total. The standard InChI is InChI=1S/C25H28N6O/c1-2-11-30(12-3-1)19-10-9-18-6-4-8-22(21(18)14-19)32-15-20-7-5-13-31(20)25-23-24(27-16-26-23)28-17-29-25/h4,6,8-10,14,16-17,20H,1-3,5,7,11-13,15H2,(H,26,27,28,29)/t20-/m1/s1. The molecule has 0 aliphatic carbocycles. The molecule has 0 radical (unpaired) electrons. The summed E-state index contributed by atoms with van der Waals surface area (Å²) in [5.41, 5.74) is 2.91. The molecule has 4 heterocycles. The van der Waals surface area contributed by atoms with Crippen LogP contribution in [0.4, 0.5) is 11.5 Å². The van der Waals surface area contributed by atoms with Crippen molar-refractivity contribution in [3.8, 4) is 5.75 Å². The SMILES string of the molecule is c1cc(OC[C@H]2CCCN2c2ncnc3nc[nH]c23)c2cc(N3CCCCC3)ccc2c1. The second-order valence-corrected chi connectivity index (χ2v) is 8.81. The van der Waals surface area contributed by atoms with Gasteiger partial charge in [0.25, 0.3) is 0 Å². The Bertz CT molecular complexity index is 1230. The minimum absolute atomic E-state index is 0.275. The molecular formula is C25H28N6O. The number of hydrogen-bond acceptors (Lipinski definition) is 6. The van der Waals surface area contributed by atoms with Gasteiger partial charge in [0.2, 0.25) is 0 Å². The van der Waals surface area contributed by atoms with Gasteiger partial charge < -0.3 is 19.5 Å². The number of benzene rings is 2. The lowest BCUT2D eigenvalue weighted by molar-refractivity contribution is 0.291. The van der Waals surface area contributed by atoms with E-state index >= 15 is 0 Å². The van der Waals surface area contributed by atoms with Crippen molar-refractivity contribution in [1.82, 2.24) is 19.9 Å². The molecule has 32 heavy (non-hydrogen) atoms. The number of imidazole rings is 1. The monoisotopic (exact) mass is 428 g/mol. The van der Waals surface area contributed by atoms with Crippen LogP contribution in [-0.4, -0.2) is 52.2 Å². The molecule has 7 heteroatoms. The van der Waals surface area contributed by atoms with Gasteiger partial charge in [0.15, 0.2) is 11.5 Å². The third-order valence-electron chi connectivity index (χ3n) is 6.83. The molecule has 0 spiro atoms. The number of ether oxygens (including phenoxy) is 1. The maximum absolute atomic E-state index is 6.46. The molecule has 2 aliphatic heterocycles. The third-order valence-corrected chi connectivity index (χ3v) is 6.83. The van der Waals surface area contributed by atoms with Gasteiger partial charge in [-0.05, 0) is 55.7 Å². The van der Waals surface area contributed by atoms with Crippen LogP contribution < -0.4 is 14.5 Å². The Morgan fingerprint density at radius 2 is 1.91 bits per heavy atom. The van der Waals surface area contributed by atoms with E-state index in [-0.39, 0.29) is 6.04 Å². The molecule has 2 aliphatic rings. The molecule has 0 saturated carbocycles. The maximum Gasteiger partial charge on any atom is 0.182 e. The zero-order valence-electron chi connectivity index (χ0n) is 18.2. The van der Waals surface area contributed by atoms with Crippen molar-refractivity contribution >= 4 is 33.4 Å². The first-order valence-electron chi connectivity index (χ1n) is 11.7. The molecule has 2 saturated heterocycles. The molecule has 2 aromatic heterocycles. The molecule has 164 valence electrons. The maximum atomic E-state index is 6.46. The average molecular weight is 429 g/mol. The topological polar surface area (TPSA) is 70.2 Å². The fourth-order valence-electron chi connectivity index (χ4n) is 5.15. The highest BCUT2D eigenvalue weighted by molar-refractivity contribution is 5.91. The summed E-state index contributed by atoms with van der Waals surface area (Å²) in [6.07, 6.45) is 9.39. The average Bonchev–Trinajstić information content (AvgIpc) is 3.52. The number of aromatic nitrogens is 4. The van der Waals surface area contributed by atoms with Gasteiger partial charge >= 0.3 is 0 Å². The minimum atomic E-state index is 0.275. The fourth-order valence-corrected chi connectivity index (χ4v) is 5.15. The van der Waals surface area contributed by atoms with E-state index in [9.17, 15) is 0 Å². The number of rotatable bonds is 5. The number of aromatic amines is 1. The van der Waals surface area contributed by atoms with Gasteiger partial charge in [-0.3, -0.25) is 0 Å². The number of piperidine rings is 1. The highest BCUT2D eigenvalue weighted by Gasteiger charge is 2.28. The van der Waals surface area contributed by atoms with E-state index in [4.69, 9.17) is 4.74 Å². The van der Waals surface area contributed by atoms with Crippen LogP contribution in [0.15, 0.2) is 49.1 Å². The second kappa shape index (κ2) is 8.30. The van der Waals surface area contributed by atoms with Gasteiger partial charge in [0.05, 0.1) is 12.4 Å². The lowest BCUT2D eigenvalue weighted by Gasteiger charge is -2.29. The van der Waals surface area contributed by atoms with E-state index in [0.29, 0.717) is 12.3 Å². The van der Waals surface area contributed by atoms with Gasteiger partial charge in [0, 0.05) is 30.7 Å². The van der Waals surface area contributed by atoms with Crippen LogP contribution in [0.25, 0.3) is 21.9 Å². The fraction of sp³-hybridized carbons (Fsp3) is 0.400. The molecule has 2 aromatic carbocycles. The molecule has 0 unspecified atom stereocenters. The Hall–Kier alpha value is -3.35. The normalized spacial score (nSPS) is 19.2. The van der Waals surface area contributed by atoms with Crippen LogP contribution in [0.2, 0.25) is 0 Å². The van der Waals surface area contributed by atoms with E-state index in [0.717, 1.165) is 49.6 Å². The predicted octanol–water partition coefficient (Wildman–Crippen LogP) is 4.54. The number of nitrogens with one attached hydrogen (secondary N) is 1. The lowest BCUT2D eigenvalue weighted by Crippen LogP contribution is -2.35. The number of anilines is 2. The smallest absolute Gasteiger partial charge is 0.182 e. The number of nitrogens with zero attached hydrogens (tertiary/aromatic N) is 5. The van der Waals surface area contributed by atoms with Crippen LogP contribution in [-0.2, 0) is 0 Å². The lowest BCUT2D eigenvalue weighted by atomic mass is 10.1. The van der Waals surface area contributed by atoms with Crippen LogP contribution >= 0.6 is 0 Å². The largest absolute Gasteiger partial charge is 0.491 e. The molecule has 2 fully saturated rings. The van der Waals surface area contributed by atoms with Crippen molar-refractivity contribution in [3.63, 3.8) is 0 Å². The molecule has 0 amide bonds. The van der Waals surface area contributed by atoms with E-state index in [2.05, 4.69) is 66.1 Å². The van der Waals surface area contributed by atoms with Gasteiger partial charge in [-0.1, -0.05) is 18.2 Å². The first kappa shape index (κ1) is 19.3. The molecular weight excluding hydrogens is 400 g/mol. The van der Waals surface area contributed by atoms with Crippen molar-refractivity contribution < 1.29 is 4.74 Å². The van der Waals surface area contributed by atoms with Crippen LogP contribution in [0.5, 0.6) is 5.75 Å². The van der Waals surface area contributed by atoms with Crippen molar-refractivity contribution in [3.05, 3.63) is 49.1 Å². The molecule has 6 rings (SSSR count). The van der Waals surface area contributed by atoms with Gasteiger partial charge in [-0.2, -0.15) is 0 Å². The summed E-state index contributed by atoms with van der Waals surface area (Å²) in [6.45, 7) is 3.89. The van der Waals surface area contributed by atoms with E-state index in [1.54, 1.807) is 12.7 Å². The Labute approximate surface area is 187 Å². The summed E-state index contributed by atoms with van der Waals surface area (Å²) in [5, 5.41) is 2.42. The second-order valence-electron chi connectivity index (χ2n) is 8.81. The predicted molar refractivity (Wildman–Crippen MR) is 128 cm³/mol. The zero-order valence-corrected chi connectivity index (χ0v) is 18.2. The van der Waals surface area contributed by atoms with Crippen LogP contribution in [0.3, 0.4) is 0 Å². The van der Waals surface area contributed by atoms with Crippen molar-refractivity contribution in [1.29, 1.82) is 0 Å². The van der Waals surface area contributed by atoms with E-state index < -0.39 is 0 Å². The number of hydrogen-bond donors (Lipinski definition) is 1. The van der Waals surface area contributed by atoms with Gasteiger partial charge in [0.1, 0.15) is 24.2 Å². The van der Waals surface area contributed by atoms with Crippen molar-refractivity contribution in [2.24, 2.45) is 0 Å². The van der Waals surface area contributed by atoms with Crippen LogP contribution in [0, 0.1) is 0 Å². The van der Waals surface area contributed by atoms with Gasteiger partial charge in [-0.25, -0.2) is 15.0 Å². The molecule has 1 N–H and O–H groups in total. The van der Waals surface area contributed by atoms with Gasteiger partial charge in [-0.15, -0.1) is 0 Å². The first-order chi connectivity index (χ1) is 15.9. The zero-order chi connectivity index (χ0) is 21.3. The van der Waals surface area contributed by atoms with E-state index in [1.807, 2.05) is 0 Å². The summed E-state index contributed by atoms with van der Waals surface area (Å²) in [6, 6.07) is 13.4. The first-order valence-corrected chi connectivity index (χ1v) is 11.7. The Kier molecular flexibility index (Phi) is 5.02. The summed E-state index contributed by atoms with van der Waals surface area (Å²) in [5.74, 6) is 1.88. The Morgan fingerprint density at radius 1 is 0.969 bits per heavy atom. The minimum Gasteiger partial charge on any atom is -0.491 e. The summed E-state index contributed by atoms with van der Waals surface area (Å²) in [7, 11) is 0. The number of H-pyrrole nitrogens is 1. The van der Waals surface area contributed by atoms with Crippen molar-refractivity contribution in [2.75, 3.05) is 36.0 Å². The number of fused-ring (bicyclic) bond motifs is 2. The van der Waals surface area contributed by atoms with Crippen LogP contribution in [0.1, 0.15) is 32.1 Å². The molecule has 0 bridgehead atoms. The summed E-state index contributed by atoms with van der Waals surface area (Å²) >= 11 is 0. The molecule has 4 aromatic rings. The quantitative estimate of drug-likeness (QED) is 0.503. The Morgan fingerprint density at radius 3 is 2.84 bits per heavy atom. The van der Waals surface area contributed by atoms with E-state index in [1.165, 1.54) is 35.7 Å². The van der Waals surface area contributed by atoms with Crippen molar-refractivity contribution in [2.45, 2.75) is 38.1 Å². The summed E-state index contributed by atoms with van der Waals surface area (Å²) in [4.78, 5) is 21.1.